The van der Waals surface area contributed by atoms with Gasteiger partial charge in [0.05, 0.1) is 22.8 Å². The van der Waals surface area contributed by atoms with Crippen LogP contribution in [0.4, 0.5) is 5.69 Å². The van der Waals surface area contributed by atoms with E-state index >= 15 is 0 Å². The number of anilines is 1. The SMILES string of the molecule is COCc1cc(N)c2c(C)ccc(Cl)c2n1. The van der Waals surface area contributed by atoms with Crippen LogP contribution in [-0.2, 0) is 11.3 Å². The predicted octanol–water partition coefficient (Wildman–Crippen LogP) is 2.93. The highest BCUT2D eigenvalue weighted by molar-refractivity contribution is 6.35. The van der Waals surface area contributed by atoms with E-state index in [1.54, 1.807) is 7.11 Å². The highest BCUT2D eigenvalue weighted by Gasteiger charge is 2.08. The number of nitrogen functional groups attached to an aromatic ring is 1. The molecule has 84 valence electrons. The molecule has 16 heavy (non-hydrogen) atoms. The Morgan fingerprint density at radius 1 is 1.44 bits per heavy atom. The molecule has 2 rings (SSSR count). The van der Waals surface area contributed by atoms with Crippen molar-refractivity contribution in [3.8, 4) is 0 Å². The zero-order valence-electron chi connectivity index (χ0n) is 9.25. The number of ether oxygens (including phenoxy) is 1. The van der Waals surface area contributed by atoms with Crippen molar-refractivity contribution in [2.75, 3.05) is 12.8 Å². The Morgan fingerprint density at radius 2 is 2.19 bits per heavy atom. The Hall–Kier alpha value is -1.32. The number of rotatable bonds is 2. The molecule has 1 aromatic heterocycles. The molecule has 0 radical (unpaired) electrons. The van der Waals surface area contributed by atoms with Crippen molar-refractivity contribution in [2.45, 2.75) is 13.5 Å². The molecule has 2 aromatic rings. The van der Waals surface area contributed by atoms with Crippen LogP contribution in [0.3, 0.4) is 0 Å². The van der Waals surface area contributed by atoms with E-state index in [0.717, 1.165) is 22.2 Å². The molecular weight excluding hydrogens is 224 g/mol. The van der Waals surface area contributed by atoms with E-state index in [1.165, 1.54) is 0 Å². The molecule has 1 aromatic carbocycles. The smallest absolute Gasteiger partial charge is 0.0915 e. The zero-order valence-corrected chi connectivity index (χ0v) is 10.0. The minimum Gasteiger partial charge on any atom is -0.398 e. The first-order valence-electron chi connectivity index (χ1n) is 4.96. The van der Waals surface area contributed by atoms with Crippen LogP contribution in [0.1, 0.15) is 11.3 Å². The van der Waals surface area contributed by atoms with Gasteiger partial charge in [-0.3, -0.25) is 0 Å². The number of hydrogen-bond acceptors (Lipinski definition) is 3. The standard InChI is InChI=1S/C12H13ClN2O/c1-7-3-4-9(13)12-11(7)10(14)5-8(15-12)6-16-2/h3-5H,6H2,1-2H3,(H2,14,15). The van der Waals surface area contributed by atoms with Crippen LogP contribution in [0.25, 0.3) is 10.9 Å². The van der Waals surface area contributed by atoms with Gasteiger partial charge in [0.15, 0.2) is 0 Å². The van der Waals surface area contributed by atoms with Crippen LogP contribution in [-0.4, -0.2) is 12.1 Å². The van der Waals surface area contributed by atoms with Gasteiger partial charge >= 0.3 is 0 Å². The number of benzene rings is 1. The van der Waals surface area contributed by atoms with Crippen molar-refractivity contribution in [3.05, 3.63) is 34.5 Å². The minimum atomic E-state index is 0.435. The molecule has 0 spiro atoms. The summed E-state index contributed by atoms with van der Waals surface area (Å²) >= 11 is 6.11. The molecule has 1 heterocycles. The van der Waals surface area contributed by atoms with E-state index in [4.69, 9.17) is 22.1 Å². The summed E-state index contributed by atoms with van der Waals surface area (Å²) in [4.78, 5) is 4.45. The van der Waals surface area contributed by atoms with Gasteiger partial charge in [-0.2, -0.15) is 0 Å². The van der Waals surface area contributed by atoms with Gasteiger partial charge < -0.3 is 10.5 Å². The molecule has 0 saturated heterocycles. The lowest BCUT2D eigenvalue weighted by Gasteiger charge is -2.09. The number of aryl methyl sites for hydroxylation is 1. The number of aromatic nitrogens is 1. The van der Waals surface area contributed by atoms with Gasteiger partial charge in [-0.05, 0) is 24.6 Å². The summed E-state index contributed by atoms with van der Waals surface area (Å²) in [6.07, 6.45) is 0. The van der Waals surface area contributed by atoms with Gasteiger partial charge in [0, 0.05) is 18.2 Å². The average molecular weight is 237 g/mol. The monoisotopic (exact) mass is 236 g/mol. The van der Waals surface area contributed by atoms with Crippen LogP contribution < -0.4 is 5.73 Å². The first-order valence-corrected chi connectivity index (χ1v) is 5.34. The van der Waals surface area contributed by atoms with E-state index in [0.29, 0.717) is 17.3 Å². The number of halogens is 1. The number of hydrogen-bond donors (Lipinski definition) is 1. The lowest BCUT2D eigenvalue weighted by Crippen LogP contribution is -1.98. The topological polar surface area (TPSA) is 48.1 Å². The van der Waals surface area contributed by atoms with Gasteiger partial charge in [-0.25, -0.2) is 4.98 Å². The third-order valence-corrected chi connectivity index (χ3v) is 2.80. The highest BCUT2D eigenvalue weighted by atomic mass is 35.5. The van der Waals surface area contributed by atoms with Crippen molar-refractivity contribution in [2.24, 2.45) is 0 Å². The largest absolute Gasteiger partial charge is 0.398 e. The fourth-order valence-corrected chi connectivity index (χ4v) is 1.99. The third-order valence-electron chi connectivity index (χ3n) is 2.50. The summed E-state index contributed by atoms with van der Waals surface area (Å²) in [5.74, 6) is 0. The molecule has 0 amide bonds. The molecule has 2 N–H and O–H groups in total. The van der Waals surface area contributed by atoms with Crippen molar-refractivity contribution in [1.82, 2.24) is 4.98 Å². The second-order valence-corrected chi connectivity index (χ2v) is 4.13. The van der Waals surface area contributed by atoms with E-state index < -0.39 is 0 Å². The quantitative estimate of drug-likeness (QED) is 0.872. The maximum absolute atomic E-state index is 6.11. The van der Waals surface area contributed by atoms with Crippen LogP contribution in [0.2, 0.25) is 5.02 Å². The number of pyridine rings is 1. The fourth-order valence-electron chi connectivity index (χ4n) is 1.79. The van der Waals surface area contributed by atoms with Crippen molar-refractivity contribution in [1.29, 1.82) is 0 Å². The van der Waals surface area contributed by atoms with Gasteiger partial charge in [-0.15, -0.1) is 0 Å². The zero-order chi connectivity index (χ0) is 11.7. The molecule has 0 fully saturated rings. The molecule has 0 unspecified atom stereocenters. The summed E-state index contributed by atoms with van der Waals surface area (Å²) in [5, 5.41) is 1.54. The van der Waals surface area contributed by atoms with Crippen LogP contribution >= 0.6 is 11.6 Å². The van der Waals surface area contributed by atoms with Gasteiger partial charge in [0.25, 0.3) is 0 Å². The normalized spacial score (nSPS) is 10.9. The Morgan fingerprint density at radius 3 is 2.88 bits per heavy atom. The summed E-state index contributed by atoms with van der Waals surface area (Å²) < 4.78 is 5.04. The van der Waals surface area contributed by atoms with Gasteiger partial charge in [0.1, 0.15) is 0 Å². The lowest BCUT2D eigenvalue weighted by atomic mass is 10.1. The summed E-state index contributed by atoms with van der Waals surface area (Å²) in [7, 11) is 1.62. The Bertz CT molecular complexity index is 540. The van der Waals surface area contributed by atoms with Crippen molar-refractivity contribution < 1.29 is 4.74 Å². The molecule has 0 aliphatic heterocycles. The van der Waals surface area contributed by atoms with Crippen molar-refractivity contribution >= 4 is 28.2 Å². The van der Waals surface area contributed by atoms with E-state index in [2.05, 4.69) is 4.98 Å². The maximum atomic E-state index is 6.11. The molecule has 4 heteroatoms. The Labute approximate surface area is 99.2 Å². The molecule has 0 atom stereocenters. The number of fused-ring (bicyclic) bond motifs is 1. The van der Waals surface area contributed by atoms with Gasteiger partial charge in [-0.1, -0.05) is 17.7 Å². The maximum Gasteiger partial charge on any atom is 0.0915 e. The summed E-state index contributed by atoms with van der Waals surface area (Å²) in [6, 6.07) is 5.61. The second kappa shape index (κ2) is 4.28. The first kappa shape index (κ1) is 11.2. The van der Waals surface area contributed by atoms with E-state index in [1.807, 2.05) is 25.1 Å². The van der Waals surface area contributed by atoms with Crippen molar-refractivity contribution in [3.63, 3.8) is 0 Å². The molecule has 0 aliphatic rings. The fraction of sp³-hybridized carbons (Fsp3) is 0.250. The Kier molecular flexibility index (Phi) is 2.99. The van der Waals surface area contributed by atoms with E-state index in [-0.39, 0.29) is 0 Å². The van der Waals surface area contributed by atoms with Crippen LogP contribution in [0, 0.1) is 6.92 Å². The van der Waals surface area contributed by atoms with Crippen LogP contribution in [0.15, 0.2) is 18.2 Å². The predicted molar refractivity (Wildman–Crippen MR) is 66.6 cm³/mol. The second-order valence-electron chi connectivity index (χ2n) is 3.72. The summed E-state index contributed by atoms with van der Waals surface area (Å²) in [6.45, 7) is 2.43. The average Bonchev–Trinajstić information content (AvgIpc) is 2.23. The lowest BCUT2D eigenvalue weighted by molar-refractivity contribution is 0.182. The third kappa shape index (κ3) is 1.84. The molecular formula is C12H13ClN2O. The van der Waals surface area contributed by atoms with E-state index in [9.17, 15) is 0 Å². The molecule has 0 bridgehead atoms. The number of nitrogens with two attached hydrogens (primary N) is 1. The number of methoxy groups -OCH3 is 1. The first-order chi connectivity index (χ1) is 7.63. The summed E-state index contributed by atoms with van der Waals surface area (Å²) in [5.41, 5.74) is 9.31. The van der Waals surface area contributed by atoms with Crippen LogP contribution in [0.5, 0.6) is 0 Å². The molecule has 0 aliphatic carbocycles. The minimum absolute atomic E-state index is 0.435. The highest BCUT2D eigenvalue weighted by Crippen LogP contribution is 2.29. The van der Waals surface area contributed by atoms with Gasteiger partial charge in [0.2, 0.25) is 0 Å². The number of nitrogens with zero attached hydrogens (tertiary/aromatic N) is 1. The molecule has 3 nitrogen and oxygen atoms in total. The molecule has 0 saturated carbocycles. The Balaban J connectivity index is 2.76.